The summed E-state index contributed by atoms with van der Waals surface area (Å²) in [5.41, 5.74) is 2.09. The first-order valence-electron chi connectivity index (χ1n) is 7.53. The third kappa shape index (κ3) is 3.06. The molecule has 0 bridgehead atoms. The minimum atomic E-state index is -1.29. The number of benzene rings is 1. The number of carbonyl (C=O) groups excluding carboxylic acids is 1. The molecule has 122 valence electrons. The largest absolute Gasteiger partial charge is 0.545 e. The first-order chi connectivity index (χ1) is 11.2. The molecule has 7 heteroatoms. The number of aromatic carboxylic acids is 1. The molecule has 0 saturated carbocycles. The highest BCUT2D eigenvalue weighted by Crippen LogP contribution is 2.32. The van der Waals surface area contributed by atoms with E-state index in [-0.39, 0.29) is 18.7 Å². The summed E-state index contributed by atoms with van der Waals surface area (Å²) in [4.78, 5) is 17.8. The zero-order valence-electron chi connectivity index (χ0n) is 12.6. The maximum absolute atomic E-state index is 11.3. The van der Waals surface area contributed by atoms with Crippen LogP contribution in [-0.4, -0.2) is 55.5 Å². The van der Waals surface area contributed by atoms with Crippen LogP contribution < -0.4 is 15.3 Å². The lowest BCUT2D eigenvalue weighted by Crippen LogP contribution is -2.36. The van der Waals surface area contributed by atoms with Gasteiger partial charge in [0.15, 0.2) is 0 Å². The minimum absolute atomic E-state index is 0.00919. The van der Waals surface area contributed by atoms with Gasteiger partial charge in [-0.3, -0.25) is 4.98 Å². The van der Waals surface area contributed by atoms with E-state index in [1.807, 2.05) is 18.2 Å². The van der Waals surface area contributed by atoms with Crippen molar-refractivity contribution in [1.82, 2.24) is 4.98 Å². The van der Waals surface area contributed by atoms with Crippen LogP contribution in [0.3, 0.4) is 0 Å². The third-order valence-electron chi connectivity index (χ3n) is 3.86. The number of aromatic nitrogens is 1. The van der Waals surface area contributed by atoms with E-state index in [9.17, 15) is 9.90 Å². The average Bonchev–Trinajstić information content (AvgIpc) is 2.59. The molecule has 2 N–H and O–H groups in total. The summed E-state index contributed by atoms with van der Waals surface area (Å²) in [6.07, 6.45) is 1.31. The van der Waals surface area contributed by atoms with Gasteiger partial charge in [0, 0.05) is 36.8 Å². The normalized spacial score (nSPS) is 14.9. The molecule has 3 rings (SSSR count). The number of aliphatic hydroxyl groups excluding tert-OH is 1. The Bertz CT molecular complexity index is 714. The molecule has 23 heavy (non-hydrogen) atoms. The molecule has 0 spiro atoms. The standard InChI is InChI=1S/C16H19N3O4/c20-7-4-17-14-11-2-1-3-13(19-5-8-23-9-6-19)15(11)18-10-12(14)16(21)22/h1-3,10,20H,4-9H2,(H,17,18)(H,21,22)/p-1. The van der Waals surface area contributed by atoms with Crippen LogP contribution in [0, 0.1) is 0 Å². The topological polar surface area (TPSA) is 97.8 Å². The molecule has 0 unspecified atom stereocenters. The fraction of sp³-hybridized carbons (Fsp3) is 0.375. The van der Waals surface area contributed by atoms with Crippen LogP contribution in [-0.2, 0) is 4.74 Å². The van der Waals surface area contributed by atoms with E-state index in [4.69, 9.17) is 9.84 Å². The van der Waals surface area contributed by atoms with Gasteiger partial charge < -0.3 is 30.0 Å². The van der Waals surface area contributed by atoms with E-state index in [0.29, 0.717) is 24.3 Å². The SMILES string of the molecule is O=C([O-])c1cnc2c(N3CCOCC3)cccc2c1NCCO. The smallest absolute Gasteiger partial charge is 0.0956 e. The van der Waals surface area contributed by atoms with Crippen LogP contribution in [0.1, 0.15) is 10.4 Å². The van der Waals surface area contributed by atoms with Crippen molar-refractivity contribution in [1.29, 1.82) is 0 Å². The fourth-order valence-corrected chi connectivity index (χ4v) is 2.79. The van der Waals surface area contributed by atoms with Crippen molar-refractivity contribution < 1.29 is 19.7 Å². The lowest BCUT2D eigenvalue weighted by atomic mass is 10.1. The van der Waals surface area contributed by atoms with Crippen molar-refractivity contribution in [3.05, 3.63) is 30.0 Å². The minimum Gasteiger partial charge on any atom is -0.545 e. The molecule has 1 aliphatic rings. The molecule has 2 heterocycles. The lowest BCUT2D eigenvalue weighted by molar-refractivity contribution is -0.254. The van der Waals surface area contributed by atoms with Crippen molar-refractivity contribution in [2.75, 3.05) is 49.7 Å². The number of para-hydroxylation sites is 1. The number of nitrogens with one attached hydrogen (secondary N) is 1. The number of nitrogens with zero attached hydrogens (tertiary/aromatic N) is 2. The van der Waals surface area contributed by atoms with Crippen molar-refractivity contribution >= 4 is 28.2 Å². The van der Waals surface area contributed by atoms with Gasteiger partial charge in [0.05, 0.1) is 42.7 Å². The number of carbonyl (C=O) groups is 1. The first-order valence-corrected chi connectivity index (χ1v) is 7.53. The quantitative estimate of drug-likeness (QED) is 0.791. The van der Waals surface area contributed by atoms with Crippen LogP contribution >= 0.6 is 0 Å². The molecule has 1 saturated heterocycles. The van der Waals surface area contributed by atoms with E-state index in [0.717, 1.165) is 24.3 Å². The number of fused-ring (bicyclic) bond motifs is 1. The van der Waals surface area contributed by atoms with Gasteiger partial charge in [-0.2, -0.15) is 0 Å². The second-order valence-electron chi connectivity index (χ2n) is 5.26. The number of hydrogen-bond acceptors (Lipinski definition) is 7. The second kappa shape index (κ2) is 6.80. The Morgan fingerprint density at radius 1 is 1.39 bits per heavy atom. The number of anilines is 2. The predicted octanol–water partition coefficient (Wildman–Crippen LogP) is -0.161. The maximum Gasteiger partial charge on any atom is 0.0956 e. The number of hydrogen-bond donors (Lipinski definition) is 2. The molecule has 0 amide bonds. The van der Waals surface area contributed by atoms with E-state index >= 15 is 0 Å². The number of pyridine rings is 1. The van der Waals surface area contributed by atoms with Gasteiger partial charge in [0.25, 0.3) is 0 Å². The van der Waals surface area contributed by atoms with E-state index < -0.39 is 5.97 Å². The van der Waals surface area contributed by atoms with Gasteiger partial charge >= 0.3 is 0 Å². The molecule has 1 aromatic heterocycles. The highest BCUT2D eigenvalue weighted by Gasteiger charge is 2.17. The molecule has 2 aromatic rings. The predicted molar refractivity (Wildman–Crippen MR) is 84.7 cm³/mol. The molecule has 7 nitrogen and oxygen atoms in total. The lowest BCUT2D eigenvalue weighted by Gasteiger charge is -2.29. The van der Waals surface area contributed by atoms with Crippen LogP contribution in [0.15, 0.2) is 24.4 Å². The Morgan fingerprint density at radius 2 is 2.17 bits per heavy atom. The fourth-order valence-electron chi connectivity index (χ4n) is 2.79. The Hall–Kier alpha value is -2.38. The average molecular weight is 316 g/mol. The second-order valence-corrected chi connectivity index (χ2v) is 5.26. The summed E-state index contributed by atoms with van der Waals surface area (Å²) >= 11 is 0. The van der Waals surface area contributed by atoms with Gasteiger partial charge in [-0.05, 0) is 6.07 Å². The number of carboxylic acid groups (broad SMARTS) is 1. The molecule has 0 aliphatic carbocycles. The Morgan fingerprint density at radius 3 is 2.87 bits per heavy atom. The summed E-state index contributed by atoms with van der Waals surface area (Å²) < 4.78 is 5.37. The first kappa shape index (κ1) is 15.5. The van der Waals surface area contributed by atoms with Gasteiger partial charge in [0.1, 0.15) is 0 Å². The molecule has 0 atom stereocenters. The van der Waals surface area contributed by atoms with Gasteiger partial charge in [-0.25, -0.2) is 0 Å². The maximum atomic E-state index is 11.3. The van der Waals surface area contributed by atoms with Crippen LogP contribution in [0.2, 0.25) is 0 Å². The molecular formula is C16H18N3O4-. The van der Waals surface area contributed by atoms with E-state index in [1.54, 1.807) is 0 Å². The van der Waals surface area contributed by atoms with E-state index in [1.165, 1.54) is 6.20 Å². The van der Waals surface area contributed by atoms with Crippen molar-refractivity contribution in [2.45, 2.75) is 0 Å². The van der Waals surface area contributed by atoms with Gasteiger partial charge in [-0.15, -0.1) is 0 Å². The monoisotopic (exact) mass is 316 g/mol. The summed E-state index contributed by atoms with van der Waals surface area (Å²) in [5.74, 6) is -1.29. The van der Waals surface area contributed by atoms with Crippen molar-refractivity contribution in [3.8, 4) is 0 Å². The zero-order valence-corrected chi connectivity index (χ0v) is 12.6. The van der Waals surface area contributed by atoms with Crippen molar-refractivity contribution in [3.63, 3.8) is 0 Å². The van der Waals surface area contributed by atoms with E-state index in [2.05, 4.69) is 15.2 Å². The van der Waals surface area contributed by atoms with Crippen LogP contribution in [0.25, 0.3) is 10.9 Å². The number of ether oxygens (including phenoxy) is 1. The summed E-state index contributed by atoms with van der Waals surface area (Å²) in [5, 5.41) is 24.0. The van der Waals surface area contributed by atoms with Crippen LogP contribution in [0.4, 0.5) is 11.4 Å². The Balaban J connectivity index is 2.12. The van der Waals surface area contributed by atoms with Crippen molar-refractivity contribution in [2.24, 2.45) is 0 Å². The molecular weight excluding hydrogens is 298 g/mol. The summed E-state index contributed by atoms with van der Waals surface area (Å²) in [6, 6.07) is 5.66. The molecule has 1 aliphatic heterocycles. The van der Waals surface area contributed by atoms with Gasteiger partial charge in [-0.1, -0.05) is 12.1 Å². The zero-order chi connectivity index (χ0) is 16.2. The Kier molecular flexibility index (Phi) is 4.59. The highest BCUT2D eigenvalue weighted by atomic mass is 16.5. The summed E-state index contributed by atoms with van der Waals surface area (Å²) in [7, 11) is 0. The number of aliphatic hydroxyl groups is 1. The van der Waals surface area contributed by atoms with Crippen LogP contribution in [0.5, 0.6) is 0 Å². The number of morpholine rings is 1. The highest BCUT2D eigenvalue weighted by molar-refractivity contribution is 6.06. The number of carboxylic acids is 1. The molecule has 0 radical (unpaired) electrons. The molecule has 1 fully saturated rings. The van der Waals surface area contributed by atoms with Gasteiger partial charge in [0.2, 0.25) is 0 Å². The summed E-state index contributed by atoms with van der Waals surface area (Å²) in [6.45, 7) is 3.00. The molecule has 1 aromatic carbocycles. The Labute approximate surface area is 133 Å². The third-order valence-corrected chi connectivity index (χ3v) is 3.86. The number of rotatable bonds is 5.